The Morgan fingerprint density at radius 3 is 2.71 bits per heavy atom. The van der Waals surface area contributed by atoms with Gasteiger partial charge in [-0.05, 0) is 24.7 Å². The number of aliphatic imine (C=N–C) groups is 1. The third-order valence-corrected chi connectivity index (χ3v) is 4.65. The second kappa shape index (κ2) is 5.96. The van der Waals surface area contributed by atoms with Crippen molar-refractivity contribution in [2.75, 3.05) is 44.9 Å². The fourth-order valence-corrected chi connectivity index (χ4v) is 3.03. The number of nitrogens with zero attached hydrogens (tertiary/aromatic N) is 2. The highest BCUT2D eigenvalue weighted by atomic mass is 32.2. The van der Waals surface area contributed by atoms with E-state index in [0.29, 0.717) is 5.41 Å². The Hall–Kier alpha value is -0.420. The SMILES string of the molecule is COCCC1(CN=C(N)N2CCSCC2)CC1. The first kappa shape index (κ1) is 13.0. The van der Waals surface area contributed by atoms with Crippen LogP contribution in [0.1, 0.15) is 19.3 Å². The second-order valence-corrected chi connectivity index (χ2v) is 6.24. The van der Waals surface area contributed by atoms with Crippen LogP contribution in [0, 0.1) is 5.41 Å². The third kappa shape index (κ3) is 3.78. The quantitative estimate of drug-likeness (QED) is 0.593. The highest BCUT2D eigenvalue weighted by Crippen LogP contribution is 2.48. The van der Waals surface area contributed by atoms with Crippen LogP contribution in [0.2, 0.25) is 0 Å². The Morgan fingerprint density at radius 1 is 1.41 bits per heavy atom. The number of ether oxygens (including phenoxy) is 1. The largest absolute Gasteiger partial charge is 0.385 e. The Kier molecular flexibility index (Phi) is 4.56. The zero-order valence-corrected chi connectivity index (χ0v) is 11.5. The summed E-state index contributed by atoms with van der Waals surface area (Å²) in [5, 5.41) is 0. The Bertz CT molecular complexity index is 273. The van der Waals surface area contributed by atoms with Gasteiger partial charge in [-0.15, -0.1) is 0 Å². The van der Waals surface area contributed by atoms with Gasteiger partial charge in [0.2, 0.25) is 0 Å². The first-order chi connectivity index (χ1) is 8.26. The molecule has 1 aliphatic carbocycles. The summed E-state index contributed by atoms with van der Waals surface area (Å²) in [6, 6.07) is 0. The molecule has 17 heavy (non-hydrogen) atoms. The molecule has 98 valence electrons. The standard InChI is InChI=1S/C12H23N3OS/c1-16-7-4-12(2-3-12)10-14-11(13)15-5-8-17-9-6-15/h2-10H2,1H3,(H2,13,14). The van der Waals surface area contributed by atoms with Crippen LogP contribution in [-0.4, -0.2) is 55.7 Å². The summed E-state index contributed by atoms with van der Waals surface area (Å²) in [5.74, 6) is 3.09. The highest BCUT2D eigenvalue weighted by Gasteiger charge is 2.41. The van der Waals surface area contributed by atoms with E-state index in [0.717, 1.165) is 38.6 Å². The molecule has 0 aromatic rings. The van der Waals surface area contributed by atoms with E-state index in [4.69, 9.17) is 10.5 Å². The van der Waals surface area contributed by atoms with Crippen molar-refractivity contribution in [3.63, 3.8) is 0 Å². The molecule has 2 aliphatic rings. The molecule has 2 rings (SSSR count). The molecule has 0 atom stereocenters. The van der Waals surface area contributed by atoms with E-state index in [1.807, 2.05) is 11.8 Å². The fraction of sp³-hybridized carbons (Fsp3) is 0.917. The minimum atomic E-state index is 0.408. The smallest absolute Gasteiger partial charge is 0.191 e. The van der Waals surface area contributed by atoms with Gasteiger partial charge in [-0.25, -0.2) is 0 Å². The van der Waals surface area contributed by atoms with Crippen molar-refractivity contribution in [1.29, 1.82) is 0 Å². The summed E-state index contributed by atoms with van der Waals surface area (Å²) in [4.78, 5) is 6.80. The van der Waals surface area contributed by atoms with Crippen LogP contribution in [0.5, 0.6) is 0 Å². The normalized spacial score (nSPS) is 23.8. The average Bonchev–Trinajstić information content (AvgIpc) is 3.15. The maximum atomic E-state index is 6.05. The van der Waals surface area contributed by atoms with Gasteiger partial charge in [0.05, 0.1) is 0 Å². The number of rotatable bonds is 5. The Balaban J connectivity index is 1.78. The first-order valence-corrected chi connectivity index (χ1v) is 7.53. The van der Waals surface area contributed by atoms with Crippen molar-refractivity contribution in [2.45, 2.75) is 19.3 Å². The van der Waals surface area contributed by atoms with Gasteiger partial charge in [-0.2, -0.15) is 11.8 Å². The van der Waals surface area contributed by atoms with Crippen molar-refractivity contribution in [3.8, 4) is 0 Å². The summed E-state index contributed by atoms with van der Waals surface area (Å²) in [5.41, 5.74) is 6.46. The Morgan fingerprint density at radius 2 is 2.12 bits per heavy atom. The topological polar surface area (TPSA) is 50.9 Å². The van der Waals surface area contributed by atoms with Gasteiger partial charge in [0.15, 0.2) is 5.96 Å². The fourth-order valence-electron chi connectivity index (χ4n) is 2.12. The molecule has 0 bridgehead atoms. The second-order valence-electron chi connectivity index (χ2n) is 5.02. The number of nitrogens with two attached hydrogens (primary N) is 1. The molecule has 0 amide bonds. The Labute approximate surface area is 108 Å². The van der Waals surface area contributed by atoms with Crippen LogP contribution in [0.25, 0.3) is 0 Å². The van der Waals surface area contributed by atoms with Gasteiger partial charge in [-0.1, -0.05) is 0 Å². The van der Waals surface area contributed by atoms with Gasteiger partial charge >= 0.3 is 0 Å². The predicted molar refractivity (Wildman–Crippen MR) is 73.5 cm³/mol. The summed E-state index contributed by atoms with van der Waals surface area (Å²) in [7, 11) is 1.76. The zero-order chi connectivity index (χ0) is 12.1. The molecule has 4 nitrogen and oxygen atoms in total. The minimum absolute atomic E-state index is 0.408. The van der Waals surface area contributed by atoms with Gasteiger partial charge in [0, 0.05) is 44.9 Å². The van der Waals surface area contributed by atoms with Crippen LogP contribution in [-0.2, 0) is 4.74 Å². The van der Waals surface area contributed by atoms with E-state index in [1.54, 1.807) is 7.11 Å². The summed E-state index contributed by atoms with van der Waals surface area (Å²) >= 11 is 1.99. The third-order valence-electron chi connectivity index (χ3n) is 3.71. The number of guanidine groups is 1. The summed E-state index contributed by atoms with van der Waals surface area (Å²) in [6.07, 6.45) is 3.68. The van der Waals surface area contributed by atoms with Gasteiger partial charge in [0.25, 0.3) is 0 Å². The maximum absolute atomic E-state index is 6.05. The number of methoxy groups -OCH3 is 1. The molecule has 1 saturated carbocycles. The van der Waals surface area contributed by atoms with Crippen molar-refractivity contribution < 1.29 is 4.74 Å². The molecular formula is C12H23N3OS. The summed E-state index contributed by atoms with van der Waals surface area (Å²) in [6.45, 7) is 3.82. The molecule has 0 unspecified atom stereocenters. The zero-order valence-electron chi connectivity index (χ0n) is 10.7. The highest BCUT2D eigenvalue weighted by molar-refractivity contribution is 7.99. The lowest BCUT2D eigenvalue weighted by molar-refractivity contribution is 0.174. The molecule has 0 aromatic heterocycles. The van der Waals surface area contributed by atoms with E-state index < -0.39 is 0 Å². The average molecular weight is 257 g/mol. The van der Waals surface area contributed by atoms with Gasteiger partial charge in [0.1, 0.15) is 0 Å². The number of thioether (sulfide) groups is 1. The van der Waals surface area contributed by atoms with E-state index in [2.05, 4.69) is 9.89 Å². The number of hydrogen-bond donors (Lipinski definition) is 1. The summed E-state index contributed by atoms with van der Waals surface area (Å²) < 4.78 is 5.15. The monoisotopic (exact) mass is 257 g/mol. The van der Waals surface area contributed by atoms with Crippen molar-refractivity contribution in [2.24, 2.45) is 16.1 Å². The van der Waals surface area contributed by atoms with E-state index >= 15 is 0 Å². The number of hydrogen-bond acceptors (Lipinski definition) is 3. The lowest BCUT2D eigenvalue weighted by Crippen LogP contribution is -2.43. The lowest BCUT2D eigenvalue weighted by atomic mass is 10.0. The molecule has 1 saturated heterocycles. The molecule has 2 fully saturated rings. The van der Waals surface area contributed by atoms with Gasteiger partial charge < -0.3 is 15.4 Å². The first-order valence-electron chi connectivity index (χ1n) is 6.37. The molecule has 2 N–H and O–H groups in total. The molecule has 0 aromatic carbocycles. The molecule has 0 spiro atoms. The maximum Gasteiger partial charge on any atom is 0.191 e. The molecule has 1 heterocycles. The van der Waals surface area contributed by atoms with E-state index in [1.165, 1.54) is 24.3 Å². The van der Waals surface area contributed by atoms with Crippen LogP contribution in [0.4, 0.5) is 0 Å². The molecule has 0 radical (unpaired) electrons. The van der Waals surface area contributed by atoms with Gasteiger partial charge in [-0.3, -0.25) is 4.99 Å². The predicted octanol–water partition coefficient (Wildman–Crippen LogP) is 1.17. The molecular weight excluding hydrogens is 234 g/mol. The van der Waals surface area contributed by atoms with Crippen molar-refractivity contribution >= 4 is 17.7 Å². The van der Waals surface area contributed by atoms with Crippen molar-refractivity contribution in [3.05, 3.63) is 0 Å². The van der Waals surface area contributed by atoms with Crippen LogP contribution < -0.4 is 5.73 Å². The van der Waals surface area contributed by atoms with Crippen LogP contribution >= 0.6 is 11.8 Å². The van der Waals surface area contributed by atoms with Crippen molar-refractivity contribution in [1.82, 2.24) is 4.90 Å². The van der Waals surface area contributed by atoms with E-state index in [9.17, 15) is 0 Å². The molecule has 1 aliphatic heterocycles. The van der Waals surface area contributed by atoms with Crippen LogP contribution in [0.3, 0.4) is 0 Å². The lowest BCUT2D eigenvalue weighted by Gasteiger charge is -2.27. The van der Waals surface area contributed by atoms with Crippen LogP contribution in [0.15, 0.2) is 4.99 Å². The van der Waals surface area contributed by atoms with E-state index in [-0.39, 0.29) is 0 Å². The molecule has 5 heteroatoms. The minimum Gasteiger partial charge on any atom is -0.385 e.